The van der Waals surface area contributed by atoms with Crippen LogP contribution in [0.15, 0.2) is 11.6 Å². The number of hydrogen-bond acceptors (Lipinski definition) is 2. The van der Waals surface area contributed by atoms with Crippen LogP contribution in [0.1, 0.15) is 33.1 Å². The lowest BCUT2D eigenvalue weighted by Gasteiger charge is -2.00. The highest BCUT2D eigenvalue weighted by Gasteiger charge is 1.94. The Hall–Kier alpha value is -0.830. The van der Waals surface area contributed by atoms with E-state index < -0.39 is 0 Å². The normalized spacial score (nSPS) is 11.7. The minimum atomic E-state index is -0.378. The van der Waals surface area contributed by atoms with Crippen molar-refractivity contribution in [1.82, 2.24) is 0 Å². The standard InChI is InChI=1S/C10H19NO2/c1-3-4-5-7-13-8-6-9(2)10(11)12/h6H,3-5,7-8H2,1-2H3,(H2,11,12). The van der Waals surface area contributed by atoms with E-state index in [1.165, 1.54) is 12.8 Å². The van der Waals surface area contributed by atoms with Crippen molar-refractivity contribution < 1.29 is 9.53 Å². The first-order chi connectivity index (χ1) is 6.18. The van der Waals surface area contributed by atoms with Crippen molar-refractivity contribution >= 4 is 5.91 Å². The van der Waals surface area contributed by atoms with E-state index in [2.05, 4.69) is 6.92 Å². The Balaban J connectivity index is 3.34. The minimum Gasteiger partial charge on any atom is -0.377 e. The third-order valence-corrected chi connectivity index (χ3v) is 1.79. The molecule has 0 rings (SSSR count). The van der Waals surface area contributed by atoms with Gasteiger partial charge in [-0.3, -0.25) is 4.79 Å². The minimum absolute atomic E-state index is 0.378. The van der Waals surface area contributed by atoms with Crippen LogP contribution in [0.25, 0.3) is 0 Å². The van der Waals surface area contributed by atoms with Crippen molar-refractivity contribution in [2.45, 2.75) is 33.1 Å². The molecular formula is C10H19NO2. The van der Waals surface area contributed by atoms with Gasteiger partial charge in [-0.1, -0.05) is 25.8 Å². The van der Waals surface area contributed by atoms with Crippen molar-refractivity contribution in [2.75, 3.05) is 13.2 Å². The van der Waals surface area contributed by atoms with E-state index in [-0.39, 0.29) is 5.91 Å². The molecule has 3 heteroatoms. The lowest BCUT2D eigenvalue weighted by atomic mass is 10.2. The average molecular weight is 185 g/mol. The van der Waals surface area contributed by atoms with Crippen molar-refractivity contribution in [3.05, 3.63) is 11.6 Å². The van der Waals surface area contributed by atoms with Crippen LogP contribution in [0.5, 0.6) is 0 Å². The Bertz CT molecular complexity index is 176. The lowest BCUT2D eigenvalue weighted by molar-refractivity contribution is -0.114. The first-order valence-electron chi connectivity index (χ1n) is 4.72. The van der Waals surface area contributed by atoms with E-state index in [4.69, 9.17) is 10.5 Å². The van der Waals surface area contributed by atoms with Gasteiger partial charge in [-0.05, 0) is 13.3 Å². The molecule has 13 heavy (non-hydrogen) atoms. The molecule has 0 bridgehead atoms. The molecule has 0 saturated heterocycles. The molecule has 0 radical (unpaired) electrons. The molecular weight excluding hydrogens is 166 g/mol. The van der Waals surface area contributed by atoms with Gasteiger partial charge in [0.1, 0.15) is 0 Å². The van der Waals surface area contributed by atoms with Crippen molar-refractivity contribution in [3.63, 3.8) is 0 Å². The Kier molecular flexibility index (Phi) is 7.30. The molecule has 0 aromatic rings. The molecule has 1 amide bonds. The van der Waals surface area contributed by atoms with Gasteiger partial charge < -0.3 is 10.5 Å². The fourth-order valence-corrected chi connectivity index (χ4v) is 0.822. The molecule has 3 nitrogen and oxygen atoms in total. The van der Waals surface area contributed by atoms with Gasteiger partial charge in [0.25, 0.3) is 0 Å². The summed E-state index contributed by atoms with van der Waals surface area (Å²) in [5.74, 6) is -0.378. The molecule has 0 atom stereocenters. The van der Waals surface area contributed by atoms with Crippen LogP contribution in [0.3, 0.4) is 0 Å². The zero-order valence-corrected chi connectivity index (χ0v) is 8.51. The van der Waals surface area contributed by atoms with Crippen molar-refractivity contribution in [3.8, 4) is 0 Å². The molecule has 0 spiro atoms. The van der Waals surface area contributed by atoms with Gasteiger partial charge in [-0.15, -0.1) is 0 Å². The zero-order chi connectivity index (χ0) is 10.1. The van der Waals surface area contributed by atoms with Crippen molar-refractivity contribution in [1.29, 1.82) is 0 Å². The number of carbonyl (C=O) groups excluding carboxylic acids is 1. The van der Waals surface area contributed by atoms with E-state index in [0.29, 0.717) is 12.2 Å². The summed E-state index contributed by atoms with van der Waals surface area (Å²) >= 11 is 0. The summed E-state index contributed by atoms with van der Waals surface area (Å²) in [6.07, 6.45) is 5.19. The molecule has 0 unspecified atom stereocenters. The third kappa shape index (κ3) is 7.53. The van der Waals surface area contributed by atoms with E-state index in [1.54, 1.807) is 13.0 Å². The first-order valence-corrected chi connectivity index (χ1v) is 4.72. The van der Waals surface area contributed by atoms with Crippen LogP contribution < -0.4 is 5.73 Å². The smallest absolute Gasteiger partial charge is 0.244 e. The molecule has 0 heterocycles. The van der Waals surface area contributed by atoms with Gasteiger partial charge in [0.05, 0.1) is 6.61 Å². The number of carbonyl (C=O) groups is 1. The second-order valence-corrected chi connectivity index (χ2v) is 3.03. The third-order valence-electron chi connectivity index (χ3n) is 1.79. The summed E-state index contributed by atoms with van der Waals surface area (Å²) in [6, 6.07) is 0. The largest absolute Gasteiger partial charge is 0.377 e. The Morgan fingerprint density at radius 3 is 2.69 bits per heavy atom. The molecule has 0 fully saturated rings. The molecule has 0 aromatic heterocycles. The maximum atomic E-state index is 10.6. The fraction of sp³-hybridized carbons (Fsp3) is 0.700. The summed E-state index contributed by atoms with van der Waals surface area (Å²) < 4.78 is 5.27. The van der Waals surface area contributed by atoms with Crippen LogP contribution in [0, 0.1) is 0 Å². The van der Waals surface area contributed by atoms with Crippen LogP contribution in [-0.2, 0) is 9.53 Å². The van der Waals surface area contributed by atoms with Gasteiger partial charge in [0.2, 0.25) is 5.91 Å². The summed E-state index contributed by atoms with van der Waals surface area (Å²) in [7, 11) is 0. The molecule has 0 aliphatic heterocycles. The maximum Gasteiger partial charge on any atom is 0.244 e. The van der Waals surface area contributed by atoms with Gasteiger partial charge >= 0.3 is 0 Å². The van der Waals surface area contributed by atoms with Crippen LogP contribution in [-0.4, -0.2) is 19.1 Å². The summed E-state index contributed by atoms with van der Waals surface area (Å²) in [6.45, 7) is 5.09. The molecule has 0 aromatic carbocycles. The predicted octanol–water partition coefficient (Wildman–Crippen LogP) is 1.62. The zero-order valence-electron chi connectivity index (χ0n) is 8.51. The van der Waals surface area contributed by atoms with Crippen LogP contribution >= 0.6 is 0 Å². The van der Waals surface area contributed by atoms with Gasteiger partial charge in [0.15, 0.2) is 0 Å². The number of ether oxygens (including phenoxy) is 1. The Morgan fingerprint density at radius 1 is 1.46 bits per heavy atom. The number of unbranched alkanes of at least 4 members (excludes halogenated alkanes) is 2. The summed E-state index contributed by atoms with van der Waals surface area (Å²) in [5, 5.41) is 0. The van der Waals surface area contributed by atoms with Crippen molar-refractivity contribution in [2.24, 2.45) is 5.73 Å². The summed E-state index contributed by atoms with van der Waals surface area (Å²) in [4.78, 5) is 10.6. The SMILES string of the molecule is CCCCCOCC=C(C)C(N)=O. The molecule has 0 aliphatic rings. The highest BCUT2D eigenvalue weighted by molar-refractivity contribution is 5.91. The monoisotopic (exact) mass is 185 g/mol. The number of hydrogen-bond donors (Lipinski definition) is 1. The second-order valence-electron chi connectivity index (χ2n) is 3.03. The highest BCUT2D eigenvalue weighted by atomic mass is 16.5. The average Bonchev–Trinajstić information content (AvgIpc) is 2.10. The van der Waals surface area contributed by atoms with E-state index >= 15 is 0 Å². The Morgan fingerprint density at radius 2 is 2.15 bits per heavy atom. The number of primary amides is 1. The van der Waals surface area contributed by atoms with Crippen LogP contribution in [0.2, 0.25) is 0 Å². The van der Waals surface area contributed by atoms with Gasteiger partial charge in [-0.25, -0.2) is 0 Å². The maximum absolute atomic E-state index is 10.6. The molecule has 0 aliphatic carbocycles. The first kappa shape index (κ1) is 12.2. The predicted molar refractivity (Wildman–Crippen MR) is 53.3 cm³/mol. The molecule has 2 N–H and O–H groups in total. The molecule has 76 valence electrons. The highest BCUT2D eigenvalue weighted by Crippen LogP contribution is 1.95. The Labute approximate surface area is 79.9 Å². The molecule has 0 saturated carbocycles. The van der Waals surface area contributed by atoms with Gasteiger partial charge in [-0.2, -0.15) is 0 Å². The van der Waals surface area contributed by atoms with E-state index in [9.17, 15) is 4.79 Å². The number of amides is 1. The fourth-order valence-electron chi connectivity index (χ4n) is 0.822. The second kappa shape index (κ2) is 7.80. The van der Waals surface area contributed by atoms with E-state index in [1.807, 2.05) is 0 Å². The number of nitrogens with two attached hydrogens (primary N) is 1. The van der Waals surface area contributed by atoms with Gasteiger partial charge in [0, 0.05) is 12.2 Å². The quantitative estimate of drug-likeness (QED) is 0.484. The number of rotatable bonds is 7. The van der Waals surface area contributed by atoms with E-state index in [0.717, 1.165) is 13.0 Å². The lowest BCUT2D eigenvalue weighted by Crippen LogP contribution is -2.12. The summed E-state index contributed by atoms with van der Waals surface area (Å²) in [5.41, 5.74) is 5.60. The van der Waals surface area contributed by atoms with Crippen LogP contribution in [0.4, 0.5) is 0 Å². The topological polar surface area (TPSA) is 52.3 Å².